The first-order valence-electron chi connectivity index (χ1n) is 10.6. The summed E-state index contributed by atoms with van der Waals surface area (Å²) in [5.74, 6) is 0.440. The summed E-state index contributed by atoms with van der Waals surface area (Å²) in [6.45, 7) is 3.90. The third kappa shape index (κ3) is 4.72. The Morgan fingerprint density at radius 3 is 2.54 bits per heavy atom. The first kappa shape index (κ1) is 19.4. The highest BCUT2D eigenvalue weighted by atomic mass is 19.1. The number of piperidine rings is 2. The van der Waals surface area contributed by atoms with Gasteiger partial charge in [0.2, 0.25) is 11.8 Å². The average molecular weight is 387 g/mol. The SMILES string of the molecule is O=C(NCc1cccc(F)c1)[C@H]1CCCN(C2CCN(C(=O)C3CC3)CC2)C1. The molecule has 4 rings (SSSR count). The van der Waals surface area contributed by atoms with E-state index < -0.39 is 0 Å². The molecule has 3 fully saturated rings. The maximum absolute atomic E-state index is 13.3. The minimum absolute atomic E-state index is 0.00608. The Hall–Kier alpha value is -1.95. The van der Waals surface area contributed by atoms with Crippen molar-refractivity contribution in [2.24, 2.45) is 11.8 Å². The van der Waals surface area contributed by atoms with Gasteiger partial charge in [-0.05, 0) is 62.8 Å². The zero-order valence-electron chi connectivity index (χ0n) is 16.4. The van der Waals surface area contributed by atoms with E-state index in [4.69, 9.17) is 0 Å². The van der Waals surface area contributed by atoms with E-state index in [9.17, 15) is 14.0 Å². The van der Waals surface area contributed by atoms with Gasteiger partial charge < -0.3 is 10.2 Å². The molecular formula is C22H30FN3O2. The van der Waals surface area contributed by atoms with Crippen LogP contribution in [-0.4, -0.2) is 53.8 Å². The fraction of sp³-hybridized carbons (Fsp3) is 0.636. The van der Waals surface area contributed by atoms with Gasteiger partial charge in [-0.2, -0.15) is 0 Å². The molecule has 28 heavy (non-hydrogen) atoms. The van der Waals surface area contributed by atoms with E-state index in [0.29, 0.717) is 24.4 Å². The lowest BCUT2D eigenvalue weighted by Gasteiger charge is -2.42. The first-order valence-corrected chi connectivity index (χ1v) is 10.6. The number of carbonyl (C=O) groups is 2. The molecule has 152 valence electrons. The highest BCUT2D eigenvalue weighted by Gasteiger charge is 2.37. The summed E-state index contributed by atoms with van der Waals surface area (Å²) in [7, 11) is 0. The number of hydrogen-bond donors (Lipinski definition) is 1. The van der Waals surface area contributed by atoms with Crippen LogP contribution < -0.4 is 5.32 Å². The van der Waals surface area contributed by atoms with E-state index in [2.05, 4.69) is 10.2 Å². The zero-order chi connectivity index (χ0) is 19.5. The molecule has 2 amide bonds. The summed E-state index contributed by atoms with van der Waals surface area (Å²) in [6.07, 6.45) is 6.09. The molecule has 0 spiro atoms. The number of carbonyl (C=O) groups excluding carboxylic acids is 2. The predicted molar refractivity (Wildman–Crippen MR) is 105 cm³/mol. The predicted octanol–water partition coefficient (Wildman–Crippen LogP) is 2.55. The van der Waals surface area contributed by atoms with Gasteiger partial charge in [0.1, 0.15) is 5.82 Å². The second-order valence-corrected chi connectivity index (χ2v) is 8.51. The molecule has 6 heteroatoms. The van der Waals surface area contributed by atoms with Crippen LogP contribution in [0.3, 0.4) is 0 Å². The van der Waals surface area contributed by atoms with Crippen molar-refractivity contribution in [2.45, 2.75) is 51.1 Å². The lowest BCUT2D eigenvalue weighted by molar-refractivity contribution is -0.134. The summed E-state index contributed by atoms with van der Waals surface area (Å²) >= 11 is 0. The molecule has 0 bridgehead atoms. The fourth-order valence-corrected chi connectivity index (χ4v) is 4.57. The molecule has 5 nitrogen and oxygen atoms in total. The standard InChI is InChI=1S/C22H30FN3O2/c23-19-5-1-3-16(13-19)14-24-21(27)18-4-2-10-26(15-18)20-8-11-25(12-9-20)22(28)17-6-7-17/h1,3,5,13,17-18,20H,2,4,6-12,14-15H2,(H,24,27)/t18-/m0/s1. The quantitative estimate of drug-likeness (QED) is 0.845. The summed E-state index contributed by atoms with van der Waals surface area (Å²) in [6, 6.07) is 6.84. The smallest absolute Gasteiger partial charge is 0.225 e. The van der Waals surface area contributed by atoms with Crippen molar-refractivity contribution in [3.63, 3.8) is 0 Å². The van der Waals surface area contributed by atoms with Crippen LogP contribution in [0.1, 0.15) is 44.1 Å². The Morgan fingerprint density at radius 2 is 1.82 bits per heavy atom. The van der Waals surface area contributed by atoms with Crippen LogP contribution in [0.25, 0.3) is 0 Å². The summed E-state index contributed by atoms with van der Waals surface area (Å²) in [4.78, 5) is 29.4. The molecule has 3 aliphatic rings. The Bertz CT molecular complexity index is 713. The minimum Gasteiger partial charge on any atom is -0.352 e. The second-order valence-electron chi connectivity index (χ2n) is 8.51. The van der Waals surface area contributed by atoms with Gasteiger partial charge in [0.25, 0.3) is 0 Å². The van der Waals surface area contributed by atoms with Gasteiger partial charge in [0.05, 0.1) is 5.92 Å². The van der Waals surface area contributed by atoms with Crippen LogP contribution in [-0.2, 0) is 16.1 Å². The Kier molecular flexibility index (Phi) is 5.95. The molecule has 0 aromatic heterocycles. The highest BCUT2D eigenvalue weighted by Crippen LogP contribution is 2.32. The van der Waals surface area contributed by atoms with Crippen molar-refractivity contribution in [1.82, 2.24) is 15.1 Å². The number of amides is 2. The molecular weight excluding hydrogens is 357 g/mol. The third-order valence-electron chi connectivity index (χ3n) is 6.40. The summed E-state index contributed by atoms with van der Waals surface area (Å²) in [5.41, 5.74) is 0.786. The summed E-state index contributed by atoms with van der Waals surface area (Å²) < 4.78 is 13.3. The first-order chi connectivity index (χ1) is 13.6. The molecule has 1 aromatic carbocycles. The number of rotatable bonds is 5. The fourth-order valence-electron chi connectivity index (χ4n) is 4.57. The molecule has 1 saturated carbocycles. The highest BCUT2D eigenvalue weighted by molar-refractivity contribution is 5.81. The Balaban J connectivity index is 1.24. The van der Waals surface area contributed by atoms with Gasteiger partial charge in [-0.1, -0.05) is 12.1 Å². The van der Waals surface area contributed by atoms with Gasteiger partial charge in [-0.3, -0.25) is 14.5 Å². The molecule has 2 saturated heterocycles. The molecule has 1 atom stereocenters. The second kappa shape index (κ2) is 8.60. The van der Waals surface area contributed by atoms with Gasteiger partial charge >= 0.3 is 0 Å². The molecule has 0 radical (unpaired) electrons. The number of halogens is 1. The summed E-state index contributed by atoms with van der Waals surface area (Å²) in [5, 5.41) is 2.98. The van der Waals surface area contributed by atoms with Gasteiger partial charge in [0.15, 0.2) is 0 Å². The van der Waals surface area contributed by atoms with Crippen LogP contribution in [0.2, 0.25) is 0 Å². The van der Waals surface area contributed by atoms with E-state index in [1.807, 2.05) is 11.0 Å². The number of nitrogens with zero attached hydrogens (tertiary/aromatic N) is 2. The molecule has 1 aromatic rings. The van der Waals surface area contributed by atoms with E-state index in [1.54, 1.807) is 6.07 Å². The van der Waals surface area contributed by atoms with Crippen LogP contribution in [0.5, 0.6) is 0 Å². The van der Waals surface area contributed by atoms with Crippen molar-refractivity contribution in [3.8, 4) is 0 Å². The molecule has 2 heterocycles. The van der Waals surface area contributed by atoms with Crippen molar-refractivity contribution in [3.05, 3.63) is 35.6 Å². The lowest BCUT2D eigenvalue weighted by Crippen LogP contribution is -2.51. The Morgan fingerprint density at radius 1 is 1.04 bits per heavy atom. The number of benzene rings is 1. The minimum atomic E-state index is -0.276. The van der Waals surface area contributed by atoms with Crippen LogP contribution in [0.4, 0.5) is 4.39 Å². The number of likely N-dealkylation sites (tertiary alicyclic amines) is 2. The molecule has 0 unspecified atom stereocenters. The van der Waals surface area contributed by atoms with Crippen LogP contribution in [0, 0.1) is 17.7 Å². The van der Waals surface area contributed by atoms with Gasteiger partial charge in [-0.25, -0.2) is 4.39 Å². The van der Waals surface area contributed by atoms with Gasteiger partial charge in [-0.15, -0.1) is 0 Å². The Labute approximate surface area is 166 Å². The van der Waals surface area contributed by atoms with Crippen molar-refractivity contribution in [2.75, 3.05) is 26.2 Å². The molecule has 1 aliphatic carbocycles. The van der Waals surface area contributed by atoms with E-state index in [0.717, 1.165) is 70.3 Å². The number of nitrogens with one attached hydrogen (secondary N) is 1. The van der Waals surface area contributed by atoms with Gasteiger partial charge in [0, 0.05) is 38.1 Å². The monoisotopic (exact) mass is 387 g/mol. The third-order valence-corrected chi connectivity index (χ3v) is 6.40. The zero-order valence-corrected chi connectivity index (χ0v) is 16.4. The topological polar surface area (TPSA) is 52.7 Å². The largest absolute Gasteiger partial charge is 0.352 e. The van der Waals surface area contributed by atoms with Crippen LogP contribution in [0.15, 0.2) is 24.3 Å². The number of hydrogen-bond acceptors (Lipinski definition) is 3. The normalized spacial score (nSPS) is 24.2. The van der Waals surface area contributed by atoms with E-state index in [1.165, 1.54) is 12.1 Å². The van der Waals surface area contributed by atoms with Crippen molar-refractivity contribution < 1.29 is 14.0 Å². The maximum Gasteiger partial charge on any atom is 0.225 e. The van der Waals surface area contributed by atoms with Crippen molar-refractivity contribution in [1.29, 1.82) is 0 Å². The molecule has 1 N–H and O–H groups in total. The van der Waals surface area contributed by atoms with Crippen LogP contribution >= 0.6 is 0 Å². The lowest BCUT2D eigenvalue weighted by atomic mass is 9.93. The average Bonchev–Trinajstić information content (AvgIpc) is 3.57. The van der Waals surface area contributed by atoms with Crippen molar-refractivity contribution >= 4 is 11.8 Å². The maximum atomic E-state index is 13.3. The van der Waals surface area contributed by atoms with E-state index in [-0.39, 0.29) is 17.6 Å². The van der Waals surface area contributed by atoms with E-state index >= 15 is 0 Å². The molecule has 2 aliphatic heterocycles.